The number of rotatable bonds is 5. The number of nitrogens with one attached hydrogen (secondary N) is 1. The Kier molecular flexibility index (Phi) is 6.30. The van der Waals surface area contributed by atoms with E-state index in [4.69, 9.17) is 5.11 Å². The van der Waals surface area contributed by atoms with Crippen molar-refractivity contribution in [1.29, 1.82) is 0 Å². The summed E-state index contributed by atoms with van der Waals surface area (Å²) in [6, 6.07) is 7.56. The number of fused-ring (bicyclic) bond motifs is 1. The molecule has 4 rings (SSSR count). The largest absolute Gasteiger partial charge is 0.418 e. The third-order valence-electron chi connectivity index (χ3n) is 4.99. The van der Waals surface area contributed by atoms with E-state index < -0.39 is 41.9 Å². The molecule has 3 heterocycles. The Morgan fingerprint density at radius 3 is 2.23 bits per heavy atom. The number of benzene rings is 1. The Morgan fingerprint density at radius 1 is 0.886 bits per heavy atom. The van der Waals surface area contributed by atoms with Gasteiger partial charge in [-0.3, -0.25) is 4.98 Å². The molecule has 1 atom stereocenters. The van der Waals surface area contributed by atoms with E-state index in [0.29, 0.717) is 17.1 Å². The summed E-state index contributed by atoms with van der Waals surface area (Å²) in [4.78, 5) is 16.0. The second-order valence-corrected chi connectivity index (χ2v) is 7.35. The SMILES string of the molecule is OC[C@H](O)c1cnc(-c2ccc3c(Nc4ccc(C(F)(F)F)cc4)ncnc3n2)c(C(F)(F)F)c1. The van der Waals surface area contributed by atoms with Crippen molar-refractivity contribution in [2.45, 2.75) is 18.5 Å². The second-order valence-electron chi connectivity index (χ2n) is 7.35. The van der Waals surface area contributed by atoms with Crippen LogP contribution in [0.15, 0.2) is 55.0 Å². The smallest absolute Gasteiger partial charge is 0.393 e. The van der Waals surface area contributed by atoms with Crippen LogP contribution in [-0.2, 0) is 12.4 Å². The molecule has 0 bridgehead atoms. The lowest BCUT2D eigenvalue weighted by atomic mass is 10.0. The maximum absolute atomic E-state index is 13.7. The molecule has 3 N–H and O–H groups in total. The number of aliphatic hydroxyl groups is 2. The van der Waals surface area contributed by atoms with Crippen LogP contribution >= 0.6 is 0 Å². The number of nitrogens with zero attached hydrogens (tertiary/aromatic N) is 4. The average Bonchev–Trinajstić information content (AvgIpc) is 2.82. The number of pyridine rings is 2. The van der Waals surface area contributed by atoms with Crippen molar-refractivity contribution in [3.8, 4) is 11.4 Å². The number of alkyl halides is 6. The van der Waals surface area contributed by atoms with Crippen molar-refractivity contribution in [3.05, 3.63) is 71.7 Å². The predicted octanol–water partition coefficient (Wildman–Crippen LogP) is 4.89. The molecule has 182 valence electrons. The summed E-state index contributed by atoms with van der Waals surface area (Å²) in [6.45, 7) is -0.780. The quantitative estimate of drug-likeness (QED) is 0.339. The van der Waals surface area contributed by atoms with Crippen LogP contribution in [0.1, 0.15) is 22.8 Å². The van der Waals surface area contributed by atoms with E-state index in [-0.39, 0.29) is 22.7 Å². The normalized spacial score (nSPS) is 13.1. The van der Waals surface area contributed by atoms with Crippen molar-refractivity contribution < 1.29 is 36.6 Å². The van der Waals surface area contributed by atoms with Crippen molar-refractivity contribution in [3.63, 3.8) is 0 Å². The van der Waals surface area contributed by atoms with E-state index in [1.807, 2.05) is 0 Å². The van der Waals surface area contributed by atoms with Crippen LogP contribution in [0.5, 0.6) is 0 Å². The van der Waals surface area contributed by atoms with Crippen LogP contribution < -0.4 is 5.32 Å². The van der Waals surface area contributed by atoms with Gasteiger partial charge in [0.05, 0.1) is 28.8 Å². The van der Waals surface area contributed by atoms with E-state index in [1.54, 1.807) is 0 Å². The molecule has 0 aliphatic carbocycles. The molecule has 0 saturated carbocycles. The molecule has 0 saturated heterocycles. The van der Waals surface area contributed by atoms with E-state index in [2.05, 4.69) is 25.3 Å². The zero-order chi connectivity index (χ0) is 25.4. The summed E-state index contributed by atoms with van der Waals surface area (Å²) in [5, 5.41) is 21.8. The summed E-state index contributed by atoms with van der Waals surface area (Å²) < 4.78 is 79.4. The Hall–Kier alpha value is -3.84. The van der Waals surface area contributed by atoms with Gasteiger partial charge >= 0.3 is 12.4 Å². The maximum atomic E-state index is 13.7. The Bertz CT molecular complexity index is 1360. The number of aromatic nitrogens is 4. The first-order valence-electron chi connectivity index (χ1n) is 9.90. The van der Waals surface area contributed by atoms with Gasteiger partial charge in [0.15, 0.2) is 5.65 Å². The van der Waals surface area contributed by atoms with Gasteiger partial charge < -0.3 is 15.5 Å². The molecule has 35 heavy (non-hydrogen) atoms. The van der Waals surface area contributed by atoms with Gasteiger partial charge in [-0.05, 0) is 42.5 Å². The fourth-order valence-corrected chi connectivity index (χ4v) is 3.24. The van der Waals surface area contributed by atoms with Gasteiger partial charge in [-0.15, -0.1) is 0 Å². The van der Waals surface area contributed by atoms with Gasteiger partial charge in [0.25, 0.3) is 0 Å². The number of hydrogen-bond acceptors (Lipinski definition) is 7. The van der Waals surface area contributed by atoms with Crippen molar-refractivity contribution in [2.24, 2.45) is 0 Å². The number of halogens is 6. The molecule has 0 spiro atoms. The van der Waals surface area contributed by atoms with Crippen LogP contribution in [0.3, 0.4) is 0 Å². The molecule has 3 aromatic heterocycles. The minimum Gasteiger partial charge on any atom is -0.393 e. The molecular formula is C22H15F6N5O2. The summed E-state index contributed by atoms with van der Waals surface area (Å²) in [6.07, 6.45) is -8.74. The van der Waals surface area contributed by atoms with Crippen LogP contribution in [0.4, 0.5) is 37.8 Å². The van der Waals surface area contributed by atoms with E-state index in [0.717, 1.165) is 24.7 Å². The van der Waals surface area contributed by atoms with E-state index in [1.165, 1.54) is 24.3 Å². The summed E-state index contributed by atoms with van der Waals surface area (Å²) in [5.41, 5.74) is -2.56. The highest BCUT2D eigenvalue weighted by molar-refractivity contribution is 5.89. The van der Waals surface area contributed by atoms with Gasteiger partial charge in [0.2, 0.25) is 0 Å². The molecule has 0 fully saturated rings. The highest BCUT2D eigenvalue weighted by Crippen LogP contribution is 2.37. The highest BCUT2D eigenvalue weighted by Gasteiger charge is 2.36. The van der Waals surface area contributed by atoms with Crippen LogP contribution in [-0.4, -0.2) is 36.8 Å². The molecule has 0 radical (unpaired) electrons. The highest BCUT2D eigenvalue weighted by atomic mass is 19.4. The van der Waals surface area contributed by atoms with Crippen molar-refractivity contribution in [2.75, 3.05) is 11.9 Å². The first-order valence-corrected chi connectivity index (χ1v) is 9.90. The zero-order valence-electron chi connectivity index (χ0n) is 17.4. The molecular weight excluding hydrogens is 480 g/mol. The maximum Gasteiger partial charge on any atom is 0.418 e. The minimum atomic E-state index is -4.83. The zero-order valence-corrected chi connectivity index (χ0v) is 17.4. The summed E-state index contributed by atoms with van der Waals surface area (Å²) >= 11 is 0. The van der Waals surface area contributed by atoms with Crippen molar-refractivity contribution in [1.82, 2.24) is 19.9 Å². The van der Waals surface area contributed by atoms with E-state index in [9.17, 15) is 31.4 Å². The second kappa shape index (κ2) is 9.07. The van der Waals surface area contributed by atoms with Crippen LogP contribution in [0.2, 0.25) is 0 Å². The molecule has 0 aliphatic rings. The third kappa shape index (κ3) is 5.15. The van der Waals surface area contributed by atoms with Gasteiger partial charge in [-0.25, -0.2) is 15.0 Å². The summed E-state index contributed by atoms with van der Waals surface area (Å²) in [5.74, 6) is 0.180. The number of hydrogen-bond donors (Lipinski definition) is 3. The summed E-state index contributed by atoms with van der Waals surface area (Å²) in [7, 11) is 0. The van der Waals surface area contributed by atoms with Gasteiger partial charge in [-0.1, -0.05) is 0 Å². The molecule has 4 aromatic rings. The van der Waals surface area contributed by atoms with Crippen LogP contribution in [0.25, 0.3) is 22.4 Å². The minimum absolute atomic E-state index is 0.0151. The monoisotopic (exact) mass is 495 g/mol. The van der Waals surface area contributed by atoms with Crippen molar-refractivity contribution >= 4 is 22.5 Å². The van der Waals surface area contributed by atoms with E-state index >= 15 is 0 Å². The first kappa shape index (κ1) is 24.3. The molecule has 13 heteroatoms. The first-order chi connectivity index (χ1) is 16.5. The Morgan fingerprint density at radius 2 is 1.60 bits per heavy atom. The lowest BCUT2D eigenvalue weighted by Crippen LogP contribution is -2.12. The Labute approximate surface area is 193 Å². The molecule has 1 aromatic carbocycles. The van der Waals surface area contributed by atoms with Gasteiger partial charge in [0.1, 0.15) is 23.9 Å². The molecule has 0 aliphatic heterocycles. The average molecular weight is 495 g/mol. The molecule has 0 amide bonds. The van der Waals surface area contributed by atoms with Gasteiger partial charge in [-0.2, -0.15) is 26.3 Å². The number of aliphatic hydroxyl groups excluding tert-OH is 2. The van der Waals surface area contributed by atoms with Crippen LogP contribution in [0, 0.1) is 0 Å². The predicted molar refractivity (Wildman–Crippen MR) is 112 cm³/mol. The lowest BCUT2D eigenvalue weighted by Gasteiger charge is -2.15. The fourth-order valence-electron chi connectivity index (χ4n) is 3.24. The molecule has 0 unspecified atom stereocenters. The standard InChI is InChI=1S/C22H15F6N5O2/c23-21(24,25)12-1-3-13(4-2-12)32-19-14-5-6-16(33-20(14)31-10-30-19)18-15(22(26,27)28)7-11(8-29-18)17(35)9-34/h1-8,10,17,34-35H,9H2,(H,30,31,32,33)/t17-/m0/s1. The fraction of sp³-hybridized carbons (Fsp3) is 0.182. The topological polar surface area (TPSA) is 104 Å². The number of anilines is 2. The molecule has 7 nitrogen and oxygen atoms in total. The Balaban J connectivity index is 1.72. The lowest BCUT2D eigenvalue weighted by molar-refractivity contribution is -0.138. The van der Waals surface area contributed by atoms with Gasteiger partial charge in [0, 0.05) is 17.4 Å². The third-order valence-corrected chi connectivity index (χ3v) is 4.99.